The molecule has 1 N–H and O–H groups in total. The van der Waals surface area contributed by atoms with Gasteiger partial charge in [0, 0.05) is 0 Å². The highest BCUT2D eigenvalue weighted by Crippen LogP contribution is 2.39. The van der Waals surface area contributed by atoms with E-state index in [1.54, 1.807) is 0 Å². The van der Waals surface area contributed by atoms with Crippen molar-refractivity contribution in [1.82, 2.24) is 0 Å². The molecule has 0 radical (unpaired) electrons. The molecular formula is C23H35IO2. The van der Waals surface area contributed by atoms with Crippen LogP contribution in [0.5, 0.6) is 5.75 Å². The molecule has 0 bridgehead atoms. The molecule has 3 heteroatoms. The van der Waals surface area contributed by atoms with E-state index in [2.05, 4.69) is 61.2 Å². The Bertz CT molecular complexity index is 563. The van der Waals surface area contributed by atoms with E-state index >= 15 is 0 Å². The molecule has 1 aromatic rings. The second-order valence-electron chi connectivity index (χ2n) is 7.26. The lowest BCUT2D eigenvalue weighted by Gasteiger charge is -2.29. The number of ether oxygens (including phenoxy) is 1. The first-order valence-corrected chi connectivity index (χ1v) is 11.0. The maximum atomic E-state index is 11.0. The average molecular weight is 470 g/mol. The molecule has 1 rings (SSSR count). The minimum atomic E-state index is -0.732. The Morgan fingerprint density at radius 3 is 2.81 bits per heavy atom. The highest BCUT2D eigenvalue weighted by Gasteiger charge is 2.30. The van der Waals surface area contributed by atoms with Crippen LogP contribution in [0.3, 0.4) is 0 Å². The Balaban J connectivity index is 2.58. The summed E-state index contributed by atoms with van der Waals surface area (Å²) in [5.74, 6) is 0.898. The third-order valence-electron chi connectivity index (χ3n) is 4.58. The molecular weight excluding hydrogens is 435 g/mol. The second kappa shape index (κ2) is 12.6. The standard InChI is InChI=1S/C23H35IO2/c1-5-7-9-12-19(3)13-11-16-23(4,25)22(24)20-14-10-15-21(18-20)26-17-8-6-2/h5,10,12,14-15,18,22,25H,1,6-9,11,13,16-17H2,2-4H3. The lowest BCUT2D eigenvalue weighted by Crippen LogP contribution is -2.29. The number of benzene rings is 1. The SMILES string of the molecule is C=CCCC=C(C)CCCC(C)(O)C(I)c1cccc(OCCCC)c1. The van der Waals surface area contributed by atoms with Crippen LogP contribution in [-0.2, 0) is 0 Å². The fraction of sp³-hybridized carbons (Fsp3) is 0.565. The van der Waals surface area contributed by atoms with Gasteiger partial charge in [0.05, 0.1) is 16.1 Å². The van der Waals surface area contributed by atoms with Crippen molar-refractivity contribution in [2.45, 2.75) is 75.2 Å². The molecule has 0 aliphatic heterocycles. The number of hydrogen-bond acceptors (Lipinski definition) is 2. The summed E-state index contributed by atoms with van der Waals surface area (Å²) in [4.78, 5) is 0. The zero-order valence-corrected chi connectivity index (χ0v) is 18.8. The summed E-state index contributed by atoms with van der Waals surface area (Å²) >= 11 is 2.37. The van der Waals surface area contributed by atoms with Gasteiger partial charge in [-0.3, -0.25) is 0 Å². The van der Waals surface area contributed by atoms with Crippen LogP contribution < -0.4 is 4.74 Å². The Labute approximate surface area is 173 Å². The average Bonchev–Trinajstić information content (AvgIpc) is 2.61. The fourth-order valence-corrected chi connectivity index (χ4v) is 3.56. The van der Waals surface area contributed by atoms with E-state index in [0.717, 1.165) is 62.9 Å². The maximum Gasteiger partial charge on any atom is 0.119 e. The highest BCUT2D eigenvalue weighted by atomic mass is 127. The number of aliphatic hydroxyl groups is 1. The lowest BCUT2D eigenvalue weighted by molar-refractivity contribution is 0.0507. The third-order valence-corrected chi connectivity index (χ3v) is 6.64. The zero-order chi connectivity index (χ0) is 19.4. The van der Waals surface area contributed by atoms with Crippen LogP contribution in [0.15, 0.2) is 48.6 Å². The second-order valence-corrected chi connectivity index (χ2v) is 8.51. The summed E-state index contributed by atoms with van der Waals surface area (Å²) < 4.78 is 5.85. The predicted octanol–water partition coefficient (Wildman–Crippen LogP) is 7.18. The molecule has 2 atom stereocenters. The first-order chi connectivity index (χ1) is 12.4. The molecule has 0 aliphatic carbocycles. The molecule has 0 heterocycles. The minimum Gasteiger partial charge on any atom is -0.494 e. The summed E-state index contributed by atoms with van der Waals surface area (Å²) in [6.07, 6.45) is 11.3. The van der Waals surface area contributed by atoms with Crippen molar-refractivity contribution in [2.24, 2.45) is 0 Å². The monoisotopic (exact) mass is 470 g/mol. The maximum absolute atomic E-state index is 11.0. The van der Waals surface area contributed by atoms with Crippen molar-refractivity contribution in [3.05, 3.63) is 54.1 Å². The topological polar surface area (TPSA) is 29.5 Å². The van der Waals surface area contributed by atoms with Crippen LogP contribution >= 0.6 is 22.6 Å². The normalized spacial score (nSPS) is 15.3. The van der Waals surface area contributed by atoms with Crippen LogP contribution in [0.4, 0.5) is 0 Å². The Hall–Kier alpha value is -0.810. The van der Waals surface area contributed by atoms with Crippen molar-refractivity contribution < 1.29 is 9.84 Å². The smallest absolute Gasteiger partial charge is 0.119 e. The molecule has 0 spiro atoms. The van der Waals surface area contributed by atoms with E-state index in [4.69, 9.17) is 4.74 Å². The van der Waals surface area contributed by atoms with E-state index in [1.165, 1.54) is 5.57 Å². The quantitative estimate of drug-likeness (QED) is 0.143. The summed E-state index contributed by atoms with van der Waals surface area (Å²) in [5.41, 5.74) is 1.80. The van der Waals surface area contributed by atoms with Gasteiger partial charge in [-0.2, -0.15) is 0 Å². The summed E-state index contributed by atoms with van der Waals surface area (Å²) in [5, 5.41) is 11.0. The number of hydrogen-bond donors (Lipinski definition) is 1. The van der Waals surface area contributed by atoms with Crippen LogP contribution in [0.2, 0.25) is 0 Å². The van der Waals surface area contributed by atoms with Crippen molar-refractivity contribution in [3.63, 3.8) is 0 Å². The number of halogens is 1. The van der Waals surface area contributed by atoms with Gasteiger partial charge in [0.15, 0.2) is 0 Å². The van der Waals surface area contributed by atoms with Crippen molar-refractivity contribution in [1.29, 1.82) is 0 Å². The van der Waals surface area contributed by atoms with Crippen molar-refractivity contribution in [2.75, 3.05) is 6.61 Å². The Kier molecular flexibility index (Phi) is 11.2. The van der Waals surface area contributed by atoms with Crippen LogP contribution in [0.1, 0.15) is 75.2 Å². The summed E-state index contributed by atoms with van der Waals surface area (Å²) in [6.45, 7) is 10.8. The molecule has 0 aromatic heterocycles. The van der Waals surface area contributed by atoms with Gasteiger partial charge in [-0.05, 0) is 70.1 Å². The molecule has 2 unspecified atom stereocenters. The first-order valence-electron chi connectivity index (χ1n) is 9.76. The fourth-order valence-electron chi connectivity index (χ4n) is 2.86. The van der Waals surface area contributed by atoms with Gasteiger partial charge >= 0.3 is 0 Å². The minimum absolute atomic E-state index is 0.0416. The molecule has 26 heavy (non-hydrogen) atoms. The van der Waals surface area contributed by atoms with Crippen LogP contribution in [0.25, 0.3) is 0 Å². The van der Waals surface area contributed by atoms with Gasteiger partial charge in [-0.15, -0.1) is 6.58 Å². The van der Waals surface area contributed by atoms with E-state index in [0.29, 0.717) is 0 Å². The molecule has 146 valence electrons. The van der Waals surface area contributed by atoms with E-state index in [-0.39, 0.29) is 3.92 Å². The molecule has 0 fully saturated rings. The molecule has 2 nitrogen and oxygen atoms in total. The van der Waals surface area contributed by atoms with E-state index in [9.17, 15) is 5.11 Å². The van der Waals surface area contributed by atoms with Crippen LogP contribution in [-0.4, -0.2) is 17.3 Å². The summed E-state index contributed by atoms with van der Waals surface area (Å²) in [6, 6.07) is 8.17. The van der Waals surface area contributed by atoms with Gasteiger partial charge in [-0.1, -0.05) is 65.8 Å². The molecule has 0 saturated heterocycles. The number of allylic oxidation sites excluding steroid dienone is 3. The zero-order valence-electron chi connectivity index (χ0n) is 16.6. The Morgan fingerprint density at radius 2 is 2.12 bits per heavy atom. The number of rotatable bonds is 13. The highest BCUT2D eigenvalue weighted by molar-refractivity contribution is 14.1. The molecule has 0 aliphatic rings. The first kappa shape index (κ1) is 23.2. The Morgan fingerprint density at radius 1 is 1.35 bits per heavy atom. The lowest BCUT2D eigenvalue weighted by atomic mass is 9.90. The predicted molar refractivity (Wildman–Crippen MR) is 121 cm³/mol. The van der Waals surface area contributed by atoms with Crippen LogP contribution in [0, 0.1) is 0 Å². The molecule has 0 saturated carbocycles. The van der Waals surface area contributed by atoms with Gasteiger partial charge in [0.1, 0.15) is 5.75 Å². The van der Waals surface area contributed by atoms with Gasteiger partial charge < -0.3 is 9.84 Å². The number of unbranched alkanes of at least 4 members (excludes halogenated alkanes) is 2. The summed E-state index contributed by atoms with van der Waals surface area (Å²) in [7, 11) is 0. The third kappa shape index (κ3) is 8.72. The molecule has 0 amide bonds. The van der Waals surface area contributed by atoms with Crippen molar-refractivity contribution in [3.8, 4) is 5.75 Å². The number of alkyl halides is 1. The van der Waals surface area contributed by atoms with Crippen molar-refractivity contribution >= 4 is 22.6 Å². The van der Waals surface area contributed by atoms with Gasteiger partial charge in [0.25, 0.3) is 0 Å². The largest absolute Gasteiger partial charge is 0.494 e. The van der Waals surface area contributed by atoms with Gasteiger partial charge in [0.2, 0.25) is 0 Å². The molecule has 1 aromatic carbocycles. The van der Waals surface area contributed by atoms with Gasteiger partial charge in [-0.25, -0.2) is 0 Å². The van der Waals surface area contributed by atoms with E-state index < -0.39 is 5.60 Å². The van der Waals surface area contributed by atoms with E-state index in [1.807, 2.05) is 25.1 Å².